The Morgan fingerprint density at radius 1 is 1.39 bits per heavy atom. The van der Waals surface area contributed by atoms with Gasteiger partial charge in [0.15, 0.2) is 0 Å². The number of para-hydroxylation sites is 1. The molecule has 0 radical (unpaired) electrons. The zero-order valence-electron chi connectivity index (χ0n) is 14.0. The molecular formula is C19H23N3O. The van der Waals surface area contributed by atoms with Crippen LogP contribution < -0.4 is 5.32 Å². The summed E-state index contributed by atoms with van der Waals surface area (Å²) in [5.74, 6) is -0.0919. The standard InChI is InChI=1S/C19H23N3O/c1-4-19(2,3)21-18(23)11-10-15-14-22(13-7-12-20)17-9-6-5-8-16(15)17/h5-6,8-11,14H,4,7,13H2,1-3H3,(H,21,23)/b11-10+. The molecule has 0 bridgehead atoms. The maximum Gasteiger partial charge on any atom is 0.244 e. The van der Waals surface area contributed by atoms with Crippen molar-refractivity contribution >= 4 is 22.9 Å². The number of aryl methyl sites for hydroxylation is 1. The van der Waals surface area contributed by atoms with Crippen molar-refractivity contribution in [3.05, 3.63) is 42.1 Å². The van der Waals surface area contributed by atoms with Crippen LogP contribution in [0.25, 0.3) is 17.0 Å². The number of amides is 1. The van der Waals surface area contributed by atoms with Crippen molar-refractivity contribution in [2.24, 2.45) is 0 Å². The number of nitrogens with zero attached hydrogens (tertiary/aromatic N) is 2. The predicted octanol–water partition coefficient (Wildman–Crippen LogP) is 3.87. The van der Waals surface area contributed by atoms with Crippen LogP contribution in [0.15, 0.2) is 36.5 Å². The lowest BCUT2D eigenvalue weighted by atomic mass is 10.0. The van der Waals surface area contributed by atoms with E-state index in [2.05, 4.69) is 16.0 Å². The monoisotopic (exact) mass is 309 g/mol. The molecular weight excluding hydrogens is 286 g/mol. The van der Waals surface area contributed by atoms with Gasteiger partial charge in [-0.1, -0.05) is 25.1 Å². The fourth-order valence-electron chi connectivity index (χ4n) is 2.39. The van der Waals surface area contributed by atoms with Gasteiger partial charge in [-0.3, -0.25) is 4.79 Å². The minimum atomic E-state index is -0.206. The molecule has 1 aromatic carbocycles. The number of benzene rings is 1. The van der Waals surface area contributed by atoms with E-state index in [4.69, 9.17) is 5.26 Å². The summed E-state index contributed by atoms with van der Waals surface area (Å²) >= 11 is 0. The van der Waals surface area contributed by atoms with Gasteiger partial charge in [-0.25, -0.2) is 0 Å². The zero-order chi connectivity index (χ0) is 16.9. The molecule has 0 spiro atoms. The number of nitrogens with one attached hydrogen (secondary N) is 1. The molecule has 0 aliphatic heterocycles. The molecule has 0 saturated carbocycles. The second kappa shape index (κ2) is 7.15. The predicted molar refractivity (Wildman–Crippen MR) is 93.7 cm³/mol. The number of aromatic nitrogens is 1. The van der Waals surface area contributed by atoms with Crippen molar-refractivity contribution in [3.8, 4) is 6.07 Å². The van der Waals surface area contributed by atoms with Gasteiger partial charge in [-0.15, -0.1) is 0 Å². The number of hydrogen-bond donors (Lipinski definition) is 1. The van der Waals surface area contributed by atoms with Crippen molar-refractivity contribution in [3.63, 3.8) is 0 Å². The Morgan fingerprint density at radius 2 is 2.13 bits per heavy atom. The number of hydrogen-bond acceptors (Lipinski definition) is 2. The Balaban J connectivity index is 2.25. The van der Waals surface area contributed by atoms with Crippen LogP contribution in [0.1, 0.15) is 39.2 Å². The maximum absolute atomic E-state index is 12.1. The molecule has 4 heteroatoms. The van der Waals surface area contributed by atoms with E-state index in [0.717, 1.165) is 22.9 Å². The molecule has 2 aromatic rings. The van der Waals surface area contributed by atoms with Gasteiger partial charge in [0.1, 0.15) is 0 Å². The molecule has 0 saturated heterocycles. The summed E-state index contributed by atoms with van der Waals surface area (Å²) in [7, 11) is 0. The normalized spacial score (nSPS) is 11.7. The molecule has 0 aliphatic rings. The van der Waals surface area contributed by atoms with Crippen LogP contribution in [-0.4, -0.2) is 16.0 Å². The first kappa shape index (κ1) is 16.8. The van der Waals surface area contributed by atoms with Crippen LogP contribution >= 0.6 is 0 Å². The second-order valence-electron chi connectivity index (χ2n) is 6.26. The highest BCUT2D eigenvalue weighted by molar-refractivity contribution is 5.96. The lowest BCUT2D eigenvalue weighted by molar-refractivity contribution is -0.117. The molecule has 1 N–H and O–H groups in total. The van der Waals surface area contributed by atoms with E-state index in [1.54, 1.807) is 6.08 Å². The first-order valence-corrected chi connectivity index (χ1v) is 7.92. The van der Waals surface area contributed by atoms with E-state index in [1.807, 2.05) is 57.3 Å². The molecule has 0 aliphatic carbocycles. The summed E-state index contributed by atoms with van der Waals surface area (Å²) in [6.45, 7) is 6.71. The summed E-state index contributed by atoms with van der Waals surface area (Å²) in [6.07, 6.45) is 6.75. The van der Waals surface area contributed by atoms with Crippen molar-refractivity contribution in [1.82, 2.24) is 9.88 Å². The molecule has 23 heavy (non-hydrogen) atoms. The van der Waals surface area contributed by atoms with Crippen LogP contribution in [0.2, 0.25) is 0 Å². The largest absolute Gasteiger partial charge is 0.348 e. The quantitative estimate of drug-likeness (QED) is 0.823. The number of nitriles is 1. The number of carbonyl (C=O) groups is 1. The van der Waals surface area contributed by atoms with E-state index in [-0.39, 0.29) is 11.4 Å². The van der Waals surface area contributed by atoms with Gasteiger partial charge in [0, 0.05) is 40.8 Å². The third-order valence-electron chi connectivity index (χ3n) is 4.04. The smallest absolute Gasteiger partial charge is 0.244 e. The minimum Gasteiger partial charge on any atom is -0.348 e. The van der Waals surface area contributed by atoms with E-state index >= 15 is 0 Å². The molecule has 120 valence electrons. The maximum atomic E-state index is 12.1. The summed E-state index contributed by atoms with van der Waals surface area (Å²) in [6, 6.07) is 10.2. The molecule has 1 amide bonds. The molecule has 4 nitrogen and oxygen atoms in total. The van der Waals surface area contributed by atoms with Gasteiger partial charge in [0.25, 0.3) is 0 Å². The molecule has 2 rings (SSSR count). The van der Waals surface area contributed by atoms with E-state index in [1.165, 1.54) is 0 Å². The summed E-state index contributed by atoms with van der Waals surface area (Å²) in [5.41, 5.74) is 1.86. The molecule has 1 aromatic heterocycles. The third kappa shape index (κ3) is 4.23. The van der Waals surface area contributed by atoms with Gasteiger partial charge < -0.3 is 9.88 Å². The van der Waals surface area contributed by atoms with Crippen LogP contribution in [0, 0.1) is 11.3 Å². The number of fused-ring (bicyclic) bond motifs is 1. The van der Waals surface area contributed by atoms with Crippen LogP contribution in [0.3, 0.4) is 0 Å². The summed E-state index contributed by atoms with van der Waals surface area (Å²) in [4.78, 5) is 12.1. The number of carbonyl (C=O) groups excluding carboxylic acids is 1. The Morgan fingerprint density at radius 3 is 2.83 bits per heavy atom. The lowest BCUT2D eigenvalue weighted by Crippen LogP contribution is -2.41. The van der Waals surface area contributed by atoms with Crippen LogP contribution in [0.5, 0.6) is 0 Å². The number of rotatable bonds is 6. The fourth-order valence-corrected chi connectivity index (χ4v) is 2.39. The Labute approximate surface area is 137 Å². The first-order valence-electron chi connectivity index (χ1n) is 7.92. The first-order chi connectivity index (χ1) is 11.0. The highest BCUT2D eigenvalue weighted by atomic mass is 16.1. The summed E-state index contributed by atoms with van der Waals surface area (Å²) in [5, 5.41) is 12.9. The highest BCUT2D eigenvalue weighted by Crippen LogP contribution is 2.22. The van der Waals surface area contributed by atoms with Crippen LogP contribution in [-0.2, 0) is 11.3 Å². The van der Waals surface area contributed by atoms with Gasteiger partial charge in [0.2, 0.25) is 5.91 Å². The molecule has 0 fully saturated rings. The van der Waals surface area contributed by atoms with Gasteiger partial charge in [-0.2, -0.15) is 5.26 Å². The second-order valence-corrected chi connectivity index (χ2v) is 6.26. The van der Waals surface area contributed by atoms with Crippen molar-refractivity contribution in [2.45, 2.75) is 45.7 Å². The lowest BCUT2D eigenvalue weighted by Gasteiger charge is -2.23. The zero-order valence-corrected chi connectivity index (χ0v) is 14.0. The topological polar surface area (TPSA) is 57.8 Å². The molecule has 0 atom stereocenters. The average molecular weight is 309 g/mol. The minimum absolute atomic E-state index is 0.0919. The average Bonchev–Trinajstić information content (AvgIpc) is 2.89. The van der Waals surface area contributed by atoms with Crippen molar-refractivity contribution in [1.29, 1.82) is 5.26 Å². The van der Waals surface area contributed by atoms with Crippen molar-refractivity contribution < 1.29 is 4.79 Å². The van der Waals surface area contributed by atoms with Gasteiger partial charge in [0.05, 0.1) is 12.5 Å². The highest BCUT2D eigenvalue weighted by Gasteiger charge is 2.16. The SMILES string of the molecule is CCC(C)(C)NC(=O)/C=C/c1cn(CCC#N)c2ccccc12. The van der Waals surface area contributed by atoms with Gasteiger partial charge in [-0.05, 0) is 32.4 Å². The van der Waals surface area contributed by atoms with E-state index < -0.39 is 0 Å². The third-order valence-corrected chi connectivity index (χ3v) is 4.04. The Kier molecular flexibility index (Phi) is 5.23. The van der Waals surface area contributed by atoms with Gasteiger partial charge >= 0.3 is 0 Å². The Bertz CT molecular complexity index is 763. The fraction of sp³-hybridized carbons (Fsp3) is 0.368. The van der Waals surface area contributed by atoms with E-state index in [0.29, 0.717) is 13.0 Å². The van der Waals surface area contributed by atoms with E-state index in [9.17, 15) is 4.79 Å². The molecule has 1 heterocycles. The Hall–Kier alpha value is -2.54. The van der Waals surface area contributed by atoms with Crippen LogP contribution in [0.4, 0.5) is 0 Å². The molecule has 0 unspecified atom stereocenters. The van der Waals surface area contributed by atoms with Crippen molar-refractivity contribution in [2.75, 3.05) is 0 Å². The summed E-state index contributed by atoms with van der Waals surface area (Å²) < 4.78 is 2.06.